The first kappa shape index (κ1) is 20.2. The lowest BCUT2D eigenvalue weighted by atomic mass is 9.83. The summed E-state index contributed by atoms with van der Waals surface area (Å²) in [7, 11) is 0. The van der Waals surface area contributed by atoms with E-state index in [1.165, 1.54) is 21.7 Å². The van der Waals surface area contributed by atoms with Crippen molar-refractivity contribution in [2.24, 2.45) is 0 Å². The highest BCUT2D eigenvalue weighted by Crippen LogP contribution is 2.47. The fraction of sp³-hybridized carbons (Fsp3) is 0. The zero-order valence-electron chi connectivity index (χ0n) is 28.8. The van der Waals surface area contributed by atoms with Crippen molar-refractivity contribution in [3.8, 4) is 33.4 Å². The zero-order chi connectivity index (χ0) is 33.4. The molecule has 0 fully saturated rings. The maximum atomic E-state index is 8.91. The van der Waals surface area contributed by atoms with Crippen LogP contribution >= 0.6 is 0 Å². The fourth-order valence-corrected chi connectivity index (χ4v) is 7.02. The van der Waals surface area contributed by atoms with E-state index in [1.807, 2.05) is 36.4 Å². The molecule has 0 spiro atoms. The lowest BCUT2D eigenvalue weighted by Gasteiger charge is -2.20. The Labute approximate surface area is 263 Å². The molecule has 0 aliphatic heterocycles. The molecule has 0 atom stereocenters. The van der Waals surface area contributed by atoms with E-state index in [1.54, 1.807) is 0 Å². The quantitative estimate of drug-likeness (QED) is 0.149. The Balaban J connectivity index is 1.41. The molecule has 0 N–H and O–H groups in total. The van der Waals surface area contributed by atoms with Crippen molar-refractivity contribution in [2.45, 2.75) is 0 Å². The highest BCUT2D eigenvalue weighted by molar-refractivity contribution is 6.26. The Bertz CT molecular complexity index is 2740. The fourth-order valence-electron chi connectivity index (χ4n) is 7.02. The molecule has 0 radical (unpaired) electrons. The number of fused-ring (bicyclic) bond motifs is 6. The lowest BCUT2D eigenvalue weighted by molar-refractivity contribution is 1.66. The van der Waals surface area contributed by atoms with E-state index in [2.05, 4.69) is 103 Å². The third-order valence-electron chi connectivity index (χ3n) is 8.91. The molecule has 0 amide bonds. The van der Waals surface area contributed by atoms with E-state index in [0.717, 1.165) is 54.4 Å². The molecule has 0 nitrogen and oxygen atoms in total. The van der Waals surface area contributed by atoms with Crippen LogP contribution < -0.4 is 0 Å². The van der Waals surface area contributed by atoms with Gasteiger partial charge < -0.3 is 0 Å². The molecule has 9 aromatic carbocycles. The average Bonchev–Trinajstić information content (AvgIpc) is 3.15. The first-order chi connectivity index (χ1) is 23.9. The van der Waals surface area contributed by atoms with Crippen LogP contribution in [0.25, 0.3) is 87.2 Å². The Hall–Kier alpha value is -5.72. The predicted octanol–water partition coefficient (Wildman–Crippen LogP) is 12.5. The second-order valence-corrected chi connectivity index (χ2v) is 11.3. The molecular weight excluding hydrogens is 528 g/mol. The summed E-state index contributed by atoms with van der Waals surface area (Å²) < 4.78 is 43.0. The Morgan fingerprint density at radius 2 is 0.886 bits per heavy atom. The lowest BCUT2D eigenvalue weighted by Crippen LogP contribution is -1.92. The van der Waals surface area contributed by atoms with Crippen molar-refractivity contribution < 1.29 is 6.85 Å². The van der Waals surface area contributed by atoms with Crippen LogP contribution in [0.15, 0.2) is 170 Å². The molecule has 0 heterocycles. The van der Waals surface area contributed by atoms with Gasteiger partial charge >= 0.3 is 0 Å². The van der Waals surface area contributed by atoms with Gasteiger partial charge in [-0.25, -0.2) is 0 Å². The molecule has 0 saturated carbocycles. The topological polar surface area (TPSA) is 0 Å². The summed E-state index contributed by atoms with van der Waals surface area (Å²) in [6.07, 6.45) is 0. The molecule has 9 rings (SSSR count). The monoisotopic (exact) mass is 561 g/mol. The van der Waals surface area contributed by atoms with Gasteiger partial charge in [0.2, 0.25) is 0 Å². The Morgan fingerprint density at radius 1 is 0.318 bits per heavy atom. The summed E-state index contributed by atoms with van der Waals surface area (Å²) in [5, 5.41) is 10.6. The molecule has 0 heteroatoms. The van der Waals surface area contributed by atoms with Crippen LogP contribution in [0.2, 0.25) is 0 Å². The van der Waals surface area contributed by atoms with E-state index in [0.29, 0.717) is 5.56 Å². The first-order valence-corrected chi connectivity index (χ1v) is 14.9. The van der Waals surface area contributed by atoms with E-state index in [9.17, 15) is 0 Å². The Morgan fingerprint density at radius 3 is 1.59 bits per heavy atom. The van der Waals surface area contributed by atoms with Crippen LogP contribution in [0.4, 0.5) is 0 Å². The van der Waals surface area contributed by atoms with Crippen LogP contribution in [0.1, 0.15) is 6.85 Å². The summed E-state index contributed by atoms with van der Waals surface area (Å²) in [6, 6.07) is 47.1. The second-order valence-electron chi connectivity index (χ2n) is 11.3. The van der Waals surface area contributed by atoms with E-state index >= 15 is 0 Å². The molecule has 9 aromatic rings. The molecule has 0 bridgehead atoms. The molecular formula is C44H28. The number of benzene rings is 9. The number of hydrogen-bond donors (Lipinski definition) is 0. The van der Waals surface area contributed by atoms with Crippen molar-refractivity contribution in [3.63, 3.8) is 0 Å². The third-order valence-corrected chi connectivity index (χ3v) is 8.91. The summed E-state index contributed by atoms with van der Waals surface area (Å²) >= 11 is 0. The summed E-state index contributed by atoms with van der Waals surface area (Å²) in [5.41, 5.74) is 5.34. The molecule has 0 aliphatic carbocycles. The van der Waals surface area contributed by atoms with Crippen LogP contribution in [-0.4, -0.2) is 0 Å². The molecule has 0 unspecified atom stereocenters. The predicted molar refractivity (Wildman–Crippen MR) is 190 cm³/mol. The van der Waals surface area contributed by atoms with E-state index in [-0.39, 0.29) is 29.7 Å². The molecule has 0 aliphatic rings. The Kier molecular flexibility index (Phi) is 4.57. The third kappa shape index (κ3) is 3.78. The van der Waals surface area contributed by atoms with Crippen LogP contribution in [0.3, 0.4) is 0 Å². The van der Waals surface area contributed by atoms with Crippen molar-refractivity contribution in [1.82, 2.24) is 0 Å². The smallest absolute Gasteiger partial charge is 0.0622 e. The van der Waals surface area contributed by atoms with Crippen molar-refractivity contribution in [3.05, 3.63) is 170 Å². The molecule has 204 valence electrons. The van der Waals surface area contributed by atoms with Gasteiger partial charge in [0.25, 0.3) is 0 Å². The van der Waals surface area contributed by atoms with Gasteiger partial charge in [-0.2, -0.15) is 0 Å². The molecule has 0 aromatic heterocycles. The largest absolute Gasteiger partial charge is 0.0629 e. The highest BCUT2D eigenvalue weighted by atomic mass is 14.2. The minimum Gasteiger partial charge on any atom is -0.0622 e. The maximum absolute atomic E-state index is 8.91. The van der Waals surface area contributed by atoms with E-state index < -0.39 is 6.04 Å². The van der Waals surface area contributed by atoms with Crippen molar-refractivity contribution in [2.75, 3.05) is 0 Å². The molecule has 44 heavy (non-hydrogen) atoms. The van der Waals surface area contributed by atoms with Crippen LogP contribution in [0, 0.1) is 0 Å². The van der Waals surface area contributed by atoms with Gasteiger partial charge in [0.15, 0.2) is 0 Å². The van der Waals surface area contributed by atoms with Crippen molar-refractivity contribution in [1.29, 1.82) is 0 Å². The maximum Gasteiger partial charge on any atom is 0.0629 e. The van der Waals surface area contributed by atoms with Gasteiger partial charge in [0.05, 0.1) is 6.85 Å². The zero-order valence-corrected chi connectivity index (χ0v) is 23.8. The van der Waals surface area contributed by atoms with Gasteiger partial charge in [-0.3, -0.25) is 0 Å². The van der Waals surface area contributed by atoms with Gasteiger partial charge in [-0.1, -0.05) is 158 Å². The summed E-state index contributed by atoms with van der Waals surface area (Å²) in [5.74, 6) is 0. The van der Waals surface area contributed by atoms with Gasteiger partial charge in [0, 0.05) is 0 Å². The first-order valence-electron chi connectivity index (χ1n) is 17.4. The van der Waals surface area contributed by atoms with Gasteiger partial charge in [-0.05, 0) is 99.4 Å². The van der Waals surface area contributed by atoms with Gasteiger partial charge in [-0.15, -0.1) is 0 Å². The standard InChI is InChI=1S/C44H28/c1-2-14-30(15-3-1)43-37-20-8-10-22-39(37)44(40-23-11-9-21-38(40)43)42-28-31-16-5-7-19-35(31)41-27-32(25-26-36(41)42)34-24-12-17-29-13-4-6-18-33(29)34/h1-28H/i1D,2D,3D,14D,15D. The summed E-state index contributed by atoms with van der Waals surface area (Å²) in [6.45, 7) is 0. The van der Waals surface area contributed by atoms with Crippen LogP contribution in [-0.2, 0) is 0 Å². The SMILES string of the molecule is [2H]c1c([2H])c([2H])c(-c2c3ccccc3c(-c3cc4ccccc4c4cc(-c5cccc6ccccc56)ccc34)c3ccccc23)c([2H])c1[2H]. The minimum absolute atomic E-state index is 0.203. The van der Waals surface area contributed by atoms with E-state index in [4.69, 9.17) is 6.85 Å². The minimum atomic E-state index is -0.394. The second kappa shape index (κ2) is 9.93. The summed E-state index contributed by atoms with van der Waals surface area (Å²) in [4.78, 5) is 0. The van der Waals surface area contributed by atoms with Crippen LogP contribution in [0.5, 0.6) is 0 Å². The number of hydrogen-bond acceptors (Lipinski definition) is 0. The van der Waals surface area contributed by atoms with Crippen molar-refractivity contribution >= 4 is 53.9 Å². The van der Waals surface area contributed by atoms with Gasteiger partial charge in [0.1, 0.15) is 0 Å². The number of rotatable bonds is 3. The molecule has 0 saturated heterocycles. The highest BCUT2D eigenvalue weighted by Gasteiger charge is 2.19. The normalized spacial score (nSPS) is 13.2. The average molecular weight is 562 g/mol.